The molecular formula is C36H42N2O2S. The Kier molecular flexibility index (Phi) is 9.26. The van der Waals surface area contributed by atoms with E-state index in [1.807, 2.05) is 12.1 Å². The average Bonchev–Trinajstić information content (AvgIpc) is 3.45. The summed E-state index contributed by atoms with van der Waals surface area (Å²) in [5.41, 5.74) is 7.58. The Bertz CT molecular complexity index is 1440. The van der Waals surface area contributed by atoms with Crippen molar-refractivity contribution in [1.29, 1.82) is 0 Å². The maximum atomic E-state index is 12.1. The predicted octanol–water partition coefficient (Wildman–Crippen LogP) is 8.75. The van der Waals surface area contributed by atoms with Crippen molar-refractivity contribution in [3.05, 3.63) is 112 Å². The first-order valence-electron chi connectivity index (χ1n) is 14.9. The normalized spacial score (nSPS) is 15.3. The number of benzene rings is 3. The molecule has 0 radical (unpaired) electrons. The van der Waals surface area contributed by atoms with E-state index in [0.29, 0.717) is 31.5 Å². The molecule has 0 aliphatic carbocycles. The summed E-state index contributed by atoms with van der Waals surface area (Å²) in [5.74, 6) is -0.110. The minimum Gasteiger partial charge on any atom is -0.480 e. The number of hydrogen-bond donors (Lipinski definition) is 1. The fourth-order valence-electron chi connectivity index (χ4n) is 6.05. The molecule has 4 nitrogen and oxygen atoms in total. The third-order valence-electron chi connectivity index (χ3n) is 8.55. The topological polar surface area (TPSA) is 43.8 Å². The number of aliphatic carboxylic acids is 1. The van der Waals surface area contributed by atoms with E-state index in [1.54, 1.807) is 11.3 Å². The molecule has 5 rings (SSSR count). The van der Waals surface area contributed by atoms with Gasteiger partial charge in [-0.2, -0.15) is 0 Å². The highest BCUT2D eigenvalue weighted by Gasteiger charge is 2.31. The van der Waals surface area contributed by atoms with E-state index in [0.717, 1.165) is 12.1 Å². The van der Waals surface area contributed by atoms with E-state index in [9.17, 15) is 9.90 Å². The lowest BCUT2D eigenvalue weighted by Crippen LogP contribution is -2.44. The number of hydrogen-bond acceptors (Lipinski definition) is 4. The molecule has 0 unspecified atom stereocenters. The Morgan fingerprint density at radius 1 is 0.927 bits per heavy atom. The van der Waals surface area contributed by atoms with Crippen molar-refractivity contribution in [3.8, 4) is 10.4 Å². The van der Waals surface area contributed by atoms with E-state index in [-0.39, 0.29) is 0 Å². The Labute approximate surface area is 249 Å². The Balaban J connectivity index is 1.26. The van der Waals surface area contributed by atoms with E-state index in [2.05, 4.69) is 110 Å². The Morgan fingerprint density at radius 3 is 2.24 bits per heavy atom. The Morgan fingerprint density at radius 2 is 1.61 bits per heavy atom. The third kappa shape index (κ3) is 6.74. The molecular weight excluding hydrogens is 524 g/mol. The zero-order chi connectivity index (χ0) is 28.9. The van der Waals surface area contributed by atoms with E-state index >= 15 is 0 Å². The van der Waals surface area contributed by atoms with Gasteiger partial charge in [0.25, 0.3) is 0 Å². The zero-order valence-corrected chi connectivity index (χ0v) is 25.5. The highest BCUT2D eigenvalue weighted by atomic mass is 32.1. The smallest absolute Gasteiger partial charge is 0.321 e. The van der Waals surface area contributed by atoms with Crippen LogP contribution in [0, 0.1) is 0 Å². The number of carboxylic acids is 1. The average molecular weight is 567 g/mol. The van der Waals surface area contributed by atoms with Crippen LogP contribution in [0.4, 0.5) is 5.69 Å². The van der Waals surface area contributed by atoms with Crippen molar-refractivity contribution in [2.24, 2.45) is 0 Å². The molecule has 0 spiro atoms. The summed E-state index contributed by atoms with van der Waals surface area (Å²) in [6, 6.07) is 30.5. The molecule has 0 saturated carbocycles. The maximum Gasteiger partial charge on any atom is 0.321 e. The third-order valence-corrected chi connectivity index (χ3v) is 9.67. The quantitative estimate of drug-likeness (QED) is 0.197. The fraction of sp³-hybridized carbons (Fsp3) is 0.361. The van der Waals surface area contributed by atoms with Crippen LogP contribution in [0.15, 0.2) is 84.9 Å². The van der Waals surface area contributed by atoms with Gasteiger partial charge in [-0.15, -0.1) is 11.3 Å². The summed E-state index contributed by atoms with van der Waals surface area (Å²) < 4.78 is 0. The van der Waals surface area contributed by atoms with Crippen molar-refractivity contribution in [1.82, 2.24) is 4.90 Å². The number of carboxylic acid groups (broad SMARTS) is 1. The number of carbonyl (C=O) groups is 1. The van der Waals surface area contributed by atoms with Gasteiger partial charge in [-0.1, -0.05) is 74.5 Å². The van der Waals surface area contributed by atoms with Crippen LogP contribution in [-0.4, -0.2) is 28.1 Å². The monoisotopic (exact) mass is 566 g/mol. The van der Waals surface area contributed by atoms with E-state index in [1.165, 1.54) is 50.5 Å². The molecule has 4 aromatic rings. The molecule has 1 aliphatic rings. The lowest BCUT2D eigenvalue weighted by Gasteiger charge is -2.34. The largest absolute Gasteiger partial charge is 0.480 e. The van der Waals surface area contributed by atoms with E-state index in [4.69, 9.17) is 0 Å². The molecule has 0 saturated heterocycles. The first kappa shape index (κ1) is 29.1. The molecule has 0 bridgehead atoms. The van der Waals surface area contributed by atoms with Gasteiger partial charge < -0.3 is 10.0 Å². The molecule has 1 N–H and O–H groups in total. The van der Waals surface area contributed by atoms with Gasteiger partial charge in [0.05, 0.1) is 0 Å². The van der Waals surface area contributed by atoms with Gasteiger partial charge in [0.1, 0.15) is 6.04 Å². The second kappa shape index (κ2) is 13.1. The van der Waals surface area contributed by atoms with Gasteiger partial charge in [0.15, 0.2) is 0 Å². The summed E-state index contributed by atoms with van der Waals surface area (Å²) >= 11 is 1.76. The van der Waals surface area contributed by atoms with Gasteiger partial charge in [0.2, 0.25) is 0 Å². The summed E-state index contributed by atoms with van der Waals surface area (Å²) in [6.07, 6.45) is 2.91. The summed E-state index contributed by atoms with van der Waals surface area (Å²) in [4.78, 5) is 19.0. The molecule has 1 aromatic heterocycles. The van der Waals surface area contributed by atoms with E-state index < -0.39 is 12.0 Å². The summed E-state index contributed by atoms with van der Waals surface area (Å²) in [5, 5.41) is 9.90. The van der Waals surface area contributed by atoms with Crippen LogP contribution >= 0.6 is 11.3 Å². The molecule has 3 aromatic carbocycles. The molecule has 214 valence electrons. The zero-order valence-electron chi connectivity index (χ0n) is 24.7. The summed E-state index contributed by atoms with van der Waals surface area (Å²) in [7, 11) is 0. The molecule has 5 heteroatoms. The van der Waals surface area contributed by atoms with Gasteiger partial charge >= 0.3 is 5.97 Å². The SMILES string of the molecule is CCC(CC)c1ccc(N(Cc2ccc(-c3ccc(CN4Cc5ccccc5C[C@H]4C(=O)O)s3)cc2)C(C)C)cc1. The van der Waals surface area contributed by atoms with Gasteiger partial charge in [0, 0.05) is 41.1 Å². The number of anilines is 1. The number of nitrogens with zero attached hydrogens (tertiary/aromatic N) is 2. The van der Waals surface area contributed by atoms with Crippen LogP contribution in [0.5, 0.6) is 0 Å². The highest BCUT2D eigenvalue weighted by molar-refractivity contribution is 7.15. The second-order valence-corrected chi connectivity index (χ2v) is 12.7. The first-order chi connectivity index (χ1) is 19.9. The fourth-order valence-corrected chi connectivity index (χ4v) is 7.09. The van der Waals surface area contributed by atoms with Crippen LogP contribution in [0.25, 0.3) is 10.4 Å². The van der Waals surface area contributed by atoms with Gasteiger partial charge in [-0.3, -0.25) is 9.69 Å². The number of thiophene rings is 1. The highest BCUT2D eigenvalue weighted by Crippen LogP contribution is 2.32. The maximum absolute atomic E-state index is 12.1. The van der Waals surface area contributed by atoms with Crippen LogP contribution in [0.1, 0.15) is 73.6 Å². The van der Waals surface area contributed by atoms with Crippen molar-refractivity contribution in [3.63, 3.8) is 0 Å². The lowest BCUT2D eigenvalue weighted by atomic mass is 9.94. The molecule has 2 heterocycles. The van der Waals surface area contributed by atoms with Crippen LogP contribution in [0.3, 0.4) is 0 Å². The molecule has 0 fully saturated rings. The van der Waals surface area contributed by atoms with Gasteiger partial charge in [-0.05, 0) is 91.1 Å². The molecule has 0 amide bonds. The standard InChI is InChI=1S/C36H42N2O2S/c1-5-27(6-2)28-15-17-32(18-16-28)38(25(3)4)22-26-11-13-29(14-12-26)35-20-19-33(41-35)24-37-23-31-10-8-7-9-30(31)21-34(37)36(39)40/h7-20,25,27,34H,5-6,21-24H2,1-4H3,(H,39,40)/t34-/m0/s1. The predicted molar refractivity (Wildman–Crippen MR) is 172 cm³/mol. The minimum absolute atomic E-state index is 0.393. The summed E-state index contributed by atoms with van der Waals surface area (Å²) in [6.45, 7) is 11.2. The van der Waals surface area contributed by atoms with Crippen molar-refractivity contribution >= 4 is 23.0 Å². The minimum atomic E-state index is -0.746. The van der Waals surface area contributed by atoms with Crippen molar-refractivity contribution in [2.75, 3.05) is 4.90 Å². The molecule has 1 aliphatic heterocycles. The van der Waals surface area contributed by atoms with Gasteiger partial charge in [-0.25, -0.2) is 0 Å². The second-order valence-electron chi connectivity index (χ2n) is 11.5. The van der Waals surface area contributed by atoms with Crippen LogP contribution in [0.2, 0.25) is 0 Å². The van der Waals surface area contributed by atoms with Crippen LogP contribution in [-0.2, 0) is 30.8 Å². The number of fused-ring (bicyclic) bond motifs is 1. The first-order valence-corrected chi connectivity index (χ1v) is 15.8. The molecule has 41 heavy (non-hydrogen) atoms. The Hall–Kier alpha value is -3.41. The van der Waals surface area contributed by atoms with Crippen LogP contribution < -0.4 is 4.90 Å². The lowest BCUT2D eigenvalue weighted by molar-refractivity contribution is -0.144. The van der Waals surface area contributed by atoms with Crippen molar-refractivity contribution in [2.45, 2.75) is 84.6 Å². The molecule has 1 atom stereocenters. The van der Waals surface area contributed by atoms with Crippen molar-refractivity contribution < 1.29 is 9.90 Å². The number of rotatable bonds is 11.